The molecule has 0 saturated carbocycles. The number of aliphatic carboxylic acids is 1. The maximum Gasteiger partial charge on any atom is 0.343 e. The number of anilines is 1. The van der Waals surface area contributed by atoms with Crippen molar-refractivity contribution in [3.8, 4) is 17.2 Å². The number of methoxy groups -OCH3 is 1. The van der Waals surface area contributed by atoms with E-state index in [1.165, 1.54) is 44.6 Å². The van der Waals surface area contributed by atoms with Crippen molar-refractivity contribution in [1.29, 1.82) is 0 Å². The van der Waals surface area contributed by atoms with Gasteiger partial charge in [0.2, 0.25) is 0 Å². The topological polar surface area (TPSA) is 153 Å². The fourth-order valence-electron chi connectivity index (χ4n) is 5.14. The third-order valence-corrected chi connectivity index (χ3v) is 7.75. The molecular formula is C38H42N2O9. The van der Waals surface area contributed by atoms with Crippen LogP contribution in [0.5, 0.6) is 17.2 Å². The van der Waals surface area contributed by atoms with Gasteiger partial charge in [-0.05, 0) is 86.5 Å². The molecule has 0 saturated heterocycles. The highest BCUT2D eigenvalue weighted by molar-refractivity contribution is 6.06. The lowest BCUT2D eigenvalue weighted by Gasteiger charge is -2.17. The smallest absolute Gasteiger partial charge is 0.343 e. The molecule has 1 atom stereocenters. The minimum absolute atomic E-state index is 0.0821. The van der Waals surface area contributed by atoms with Crippen molar-refractivity contribution in [2.45, 2.75) is 65.3 Å². The second-order valence-corrected chi connectivity index (χ2v) is 11.6. The number of ether oxygens (including phenoxy) is 3. The maximum atomic E-state index is 13.1. The highest BCUT2D eigenvalue weighted by Crippen LogP contribution is 2.30. The van der Waals surface area contributed by atoms with Gasteiger partial charge in [-0.25, -0.2) is 9.59 Å². The van der Waals surface area contributed by atoms with Gasteiger partial charge in [-0.15, -0.1) is 0 Å². The Balaban J connectivity index is 1.35. The summed E-state index contributed by atoms with van der Waals surface area (Å²) in [4.78, 5) is 50.8. The Morgan fingerprint density at radius 2 is 1.59 bits per heavy atom. The molecule has 1 aromatic heterocycles. The molecule has 4 aromatic rings. The fourth-order valence-corrected chi connectivity index (χ4v) is 5.14. The zero-order chi connectivity index (χ0) is 35.3. The van der Waals surface area contributed by atoms with Gasteiger partial charge in [0.15, 0.2) is 11.5 Å². The lowest BCUT2D eigenvalue weighted by Crippen LogP contribution is -2.42. The molecule has 2 amide bonds. The SMILES string of the molecule is CCCCCCCOc1ccc(C(=O)Oc2ccc(CC(NC(=O)c3cccc(NC(=O)c4cc(C)oc4C)c3)C(=O)O)cc2OC)cc1. The van der Waals surface area contributed by atoms with Crippen molar-refractivity contribution in [3.05, 3.63) is 107 Å². The first-order valence-electron chi connectivity index (χ1n) is 16.2. The minimum atomic E-state index is -1.29. The molecule has 4 rings (SSSR count). The molecule has 0 aliphatic heterocycles. The number of esters is 1. The standard InChI is InChI=1S/C38H42N2O9/c1-5-6-7-8-9-19-47-30-16-14-27(15-17-30)38(45)49-33-18-13-26(22-34(33)46-4)21-32(37(43)44)40-35(41)28-11-10-12-29(23-28)39-36(42)31-20-24(2)48-25(31)3/h10-18,20,22-23,32H,5-9,19,21H2,1-4H3,(H,39,42)(H,40,41)(H,43,44). The van der Waals surface area contributed by atoms with Crippen LogP contribution < -0.4 is 24.8 Å². The Bertz CT molecular complexity index is 1760. The summed E-state index contributed by atoms with van der Waals surface area (Å²) in [6.45, 7) is 6.21. The number of carboxylic acids is 1. The van der Waals surface area contributed by atoms with Gasteiger partial charge in [-0.2, -0.15) is 0 Å². The highest BCUT2D eigenvalue weighted by atomic mass is 16.6. The Morgan fingerprint density at radius 1 is 0.837 bits per heavy atom. The van der Waals surface area contributed by atoms with E-state index in [1.54, 1.807) is 68.4 Å². The first-order valence-corrected chi connectivity index (χ1v) is 16.2. The average molecular weight is 671 g/mol. The lowest BCUT2D eigenvalue weighted by atomic mass is 10.0. The number of hydrogen-bond acceptors (Lipinski definition) is 8. The number of carbonyl (C=O) groups is 4. The van der Waals surface area contributed by atoms with Crippen molar-refractivity contribution in [3.63, 3.8) is 0 Å². The van der Waals surface area contributed by atoms with Crippen LogP contribution in [-0.4, -0.2) is 48.6 Å². The van der Waals surface area contributed by atoms with Gasteiger partial charge in [-0.3, -0.25) is 9.59 Å². The minimum Gasteiger partial charge on any atom is -0.494 e. The van der Waals surface area contributed by atoms with Crippen molar-refractivity contribution >= 4 is 29.4 Å². The summed E-state index contributed by atoms with van der Waals surface area (Å²) in [6.07, 6.45) is 5.61. The molecule has 3 aromatic carbocycles. The molecule has 11 nitrogen and oxygen atoms in total. The molecule has 11 heteroatoms. The van der Waals surface area contributed by atoms with Crippen LogP contribution in [0.3, 0.4) is 0 Å². The summed E-state index contributed by atoms with van der Waals surface area (Å²) < 4.78 is 22.2. The van der Waals surface area contributed by atoms with Gasteiger partial charge in [0, 0.05) is 17.7 Å². The predicted octanol–water partition coefficient (Wildman–Crippen LogP) is 7.15. The second-order valence-electron chi connectivity index (χ2n) is 11.6. The molecule has 0 aliphatic carbocycles. The van der Waals surface area contributed by atoms with Crippen LogP contribution >= 0.6 is 0 Å². The Kier molecular flexibility index (Phi) is 13.0. The third-order valence-electron chi connectivity index (χ3n) is 7.75. The average Bonchev–Trinajstić information content (AvgIpc) is 3.44. The van der Waals surface area contributed by atoms with E-state index in [0.29, 0.717) is 46.3 Å². The van der Waals surface area contributed by atoms with Crippen LogP contribution in [0.15, 0.2) is 77.2 Å². The van der Waals surface area contributed by atoms with Crippen LogP contribution in [0.25, 0.3) is 0 Å². The van der Waals surface area contributed by atoms with E-state index in [2.05, 4.69) is 17.6 Å². The van der Waals surface area contributed by atoms with Gasteiger partial charge in [0.1, 0.15) is 23.3 Å². The normalized spacial score (nSPS) is 11.3. The molecule has 0 spiro atoms. The summed E-state index contributed by atoms with van der Waals surface area (Å²) in [5.41, 5.74) is 1.73. The van der Waals surface area contributed by atoms with Gasteiger partial charge >= 0.3 is 11.9 Å². The van der Waals surface area contributed by atoms with Crippen LogP contribution in [0, 0.1) is 13.8 Å². The molecule has 0 radical (unpaired) electrons. The second kappa shape index (κ2) is 17.5. The summed E-state index contributed by atoms with van der Waals surface area (Å²) in [5.74, 6) is -0.777. The molecule has 3 N–H and O–H groups in total. The number of rotatable bonds is 17. The van der Waals surface area contributed by atoms with E-state index in [9.17, 15) is 24.3 Å². The molecule has 0 aliphatic rings. The van der Waals surface area contributed by atoms with Gasteiger partial charge in [0.05, 0.1) is 24.8 Å². The van der Waals surface area contributed by atoms with Crippen LogP contribution in [-0.2, 0) is 11.2 Å². The van der Waals surface area contributed by atoms with Crippen LogP contribution in [0.1, 0.15) is 87.2 Å². The third kappa shape index (κ3) is 10.5. The Morgan fingerprint density at radius 3 is 2.27 bits per heavy atom. The van der Waals surface area contributed by atoms with Crippen molar-refractivity contribution in [1.82, 2.24) is 5.32 Å². The number of benzene rings is 3. The van der Waals surface area contributed by atoms with E-state index in [1.807, 2.05) is 0 Å². The number of aryl methyl sites for hydroxylation is 2. The number of carbonyl (C=O) groups excluding carboxylic acids is 3. The fraction of sp³-hybridized carbons (Fsp3) is 0.316. The van der Waals surface area contributed by atoms with Crippen molar-refractivity contribution in [2.75, 3.05) is 19.0 Å². The molecular weight excluding hydrogens is 628 g/mol. The number of nitrogens with one attached hydrogen (secondary N) is 2. The van der Waals surface area contributed by atoms with Gasteiger partial charge in [0.25, 0.3) is 11.8 Å². The molecule has 0 bridgehead atoms. The molecule has 49 heavy (non-hydrogen) atoms. The summed E-state index contributed by atoms with van der Waals surface area (Å²) in [5, 5.41) is 15.2. The van der Waals surface area contributed by atoms with E-state index in [4.69, 9.17) is 18.6 Å². The zero-order valence-corrected chi connectivity index (χ0v) is 28.2. The van der Waals surface area contributed by atoms with Gasteiger partial charge < -0.3 is 34.4 Å². The molecule has 1 unspecified atom stereocenters. The summed E-state index contributed by atoms with van der Waals surface area (Å²) in [6, 6.07) is 17.8. The predicted molar refractivity (Wildman–Crippen MR) is 184 cm³/mol. The van der Waals surface area contributed by atoms with Crippen LogP contribution in [0.2, 0.25) is 0 Å². The summed E-state index contributed by atoms with van der Waals surface area (Å²) >= 11 is 0. The zero-order valence-electron chi connectivity index (χ0n) is 28.2. The highest BCUT2D eigenvalue weighted by Gasteiger charge is 2.23. The number of hydrogen-bond donors (Lipinski definition) is 3. The molecule has 1 heterocycles. The van der Waals surface area contributed by atoms with E-state index < -0.39 is 29.8 Å². The van der Waals surface area contributed by atoms with Crippen molar-refractivity contribution in [2.24, 2.45) is 0 Å². The first kappa shape index (κ1) is 36.3. The van der Waals surface area contributed by atoms with E-state index in [-0.39, 0.29) is 23.5 Å². The van der Waals surface area contributed by atoms with E-state index >= 15 is 0 Å². The largest absolute Gasteiger partial charge is 0.494 e. The molecule has 0 fully saturated rings. The van der Waals surface area contributed by atoms with Crippen molar-refractivity contribution < 1.29 is 42.9 Å². The Hall–Kier alpha value is -5.58. The summed E-state index contributed by atoms with van der Waals surface area (Å²) in [7, 11) is 1.40. The lowest BCUT2D eigenvalue weighted by molar-refractivity contribution is -0.139. The molecule has 258 valence electrons. The first-order chi connectivity index (χ1) is 23.6. The number of carboxylic acid groups (broad SMARTS) is 1. The quantitative estimate of drug-likeness (QED) is 0.0604. The Labute approximate surface area is 285 Å². The van der Waals surface area contributed by atoms with Crippen LogP contribution in [0.4, 0.5) is 5.69 Å². The van der Waals surface area contributed by atoms with E-state index in [0.717, 1.165) is 12.8 Å². The number of amides is 2. The van der Waals surface area contributed by atoms with Gasteiger partial charge in [-0.1, -0.05) is 44.7 Å². The maximum absolute atomic E-state index is 13.1. The number of furan rings is 1. The number of unbranched alkanes of at least 4 members (excludes halogenated alkanes) is 4. The monoisotopic (exact) mass is 670 g/mol.